The Morgan fingerprint density at radius 2 is 1.14 bits per heavy atom. The summed E-state index contributed by atoms with van der Waals surface area (Å²) in [6, 6.07) is -0.357. The van der Waals surface area contributed by atoms with E-state index in [1.807, 2.05) is 6.92 Å². The van der Waals surface area contributed by atoms with Crippen LogP contribution < -0.4 is 9.09 Å². The second-order valence-electron chi connectivity index (χ2n) is 6.07. The molecule has 0 bridgehead atoms. The van der Waals surface area contributed by atoms with Gasteiger partial charge in [-0.3, -0.25) is 4.89 Å². The maximum atomic E-state index is 12.1. The van der Waals surface area contributed by atoms with Crippen molar-refractivity contribution in [2.45, 2.75) is 26.3 Å². The Kier molecular flexibility index (Phi) is 11.1. The lowest BCUT2D eigenvalue weighted by molar-refractivity contribution is -0.674. The molecule has 1 aromatic heterocycles. The highest BCUT2D eigenvalue weighted by atomic mass is 31.3. The number of imidazole rings is 1. The first-order chi connectivity index (χ1) is 15.5. The summed E-state index contributed by atoms with van der Waals surface area (Å²) in [5.41, 5.74) is 0. The van der Waals surface area contributed by atoms with Gasteiger partial charge in [-0.1, -0.05) is 13.3 Å². The van der Waals surface area contributed by atoms with Crippen LogP contribution in [0.15, 0.2) is 12.4 Å². The first-order valence-corrected chi connectivity index (χ1v) is 17.5. The van der Waals surface area contributed by atoms with Gasteiger partial charge in [-0.25, -0.2) is 27.4 Å². The molecule has 21 nitrogen and oxygen atoms in total. The number of rotatable bonds is 15. The van der Waals surface area contributed by atoms with Crippen LogP contribution in [-0.2, 0) is 62.5 Å². The summed E-state index contributed by atoms with van der Waals surface area (Å²) in [5.74, 6) is 0. The van der Waals surface area contributed by atoms with Crippen molar-refractivity contribution < 1.29 is 92.3 Å². The molecule has 0 aliphatic heterocycles. The smallest absolute Gasteiger partial charge is 0.334 e. The van der Waals surface area contributed by atoms with E-state index in [9.17, 15) is 47.0 Å². The highest BCUT2D eigenvalue weighted by molar-refractivity contribution is 7.72. The summed E-state index contributed by atoms with van der Waals surface area (Å²) in [4.78, 5) is 63.6. The first-order valence-electron chi connectivity index (χ1n) is 8.48. The topological polar surface area (TPSA) is 308 Å². The molecule has 0 saturated carbocycles. The van der Waals surface area contributed by atoms with Crippen LogP contribution >= 0.6 is 46.9 Å². The molecule has 1 heterocycles. The summed E-state index contributed by atoms with van der Waals surface area (Å²) in [7, 11) is -34.9. The van der Waals surface area contributed by atoms with Gasteiger partial charge in [0.05, 0.1) is 13.6 Å². The molecule has 0 aromatic carbocycles. The molecular weight excluding hydrogens is 614 g/mol. The molecule has 0 fully saturated rings. The van der Waals surface area contributed by atoms with Crippen molar-refractivity contribution >= 4 is 46.9 Å². The van der Waals surface area contributed by atoms with Gasteiger partial charge in [0, 0.05) is 0 Å². The SMILES string of the molecule is CCCCn1cc[n+](C)c1OP(=O)(O)OP(=O)(O)OP(=O)(O)OP(=O)(O)OP(=O)(O)OP(=O)(O)O. The second kappa shape index (κ2) is 11.7. The maximum absolute atomic E-state index is 12.1. The second-order valence-corrected chi connectivity index (χ2v) is 15.2. The molecule has 5 unspecified atom stereocenters. The summed E-state index contributed by atoms with van der Waals surface area (Å²) in [5, 5.41) is 0. The third-order valence-electron chi connectivity index (χ3n) is 3.00. The van der Waals surface area contributed by atoms with Gasteiger partial charge in [-0.15, -0.1) is 0 Å². The average molecular weight is 635 g/mol. The van der Waals surface area contributed by atoms with E-state index in [4.69, 9.17) is 14.7 Å². The summed E-state index contributed by atoms with van der Waals surface area (Å²) in [6.45, 7) is 2.13. The van der Waals surface area contributed by atoms with E-state index in [0.29, 0.717) is 6.42 Å². The summed E-state index contributed by atoms with van der Waals surface area (Å²) in [6.07, 6.45) is 4.11. The van der Waals surface area contributed by atoms with Crippen LogP contribution in [-0.4, -0.2) is 38.8 Å². The van der Waals surface area contributed by atoms with Gasteiger partial charge in [0.1, 0.15) is 12.4 Å². The number of unbranched alkanes of at least 4 members (excludes halogenated alkanes) is 1. The van der Waals surface area contributed by atoms with E-state index in [2.05, 4.69) is 26.1 Å². The van der Waals surface area contributed by atoms with Gasteiger partial charge in [-0.2, -0.15) is 30.7 Å². The highest BCUT2D eigenvalue weighted by Gasteiger charge is 2.49. The number of hydrogen-bond acceptors (Lipinski definition) is 12. The molecule has 0 aliphatic carbocycles. The van der Waals surface area contributed by atoms with E-state index < -0.39 is 46.9 Å². The summed E-state index contributed by atoms with van der Waals surface area (Å²) >= 11 is 0. The van der Waals surface area contributed by atoms with Gasteiger partial charge in [0.15, 0.2) is 0 Å². The van der Waals surface area contributed by atoms with Crippen LogP contribution in [0.25, 0.3) is 0 Å². The molecule has 206 valence electrons. The van der Waals surface area contributed by atoms with Crippen molar-refractivity contribution in [1.29, 1.82) is 0 Å². The molecule has 0 spiro atoms. The fourth-order valence-electron chi connectivity index (χ4n) is 1.96. The van der Waals surface area contributed by atoms with Crippen LogP contribution in [0.4, 0.5) is 0 Å². The van der Waals surface area contributed by atoms with Crippen molar-refractivity contribution in [2.24, 2.45) is 7.05 Å². The van der Waals surface area contributed by atoms with Gasteiger partial charge < -0.3 is 33.9 Å². The quantitative estimate of drug-likeness (QED) is 0.105. The van der Waals surface area contributed by atoms with E-state index in [1.54, 1.807) is 0 Å². The van der Waals surface area contributed by atoms with Crippen molar-refractivity contribution in [3.8, 4) is 6.01 Å². The van der Waals surface area contributed by atoms with E-state index >= 15 is 0 Å². The molecule has 0 saturated heterocycles. The predicted molar refractivity (Wildman–Crippen MR) is 108 cm³/mol. The molecule has 0 aliphatic rings. The molecule has 1 aromatic rings. The molecule has 27 heteroatoms. The zero-order chi connectivity index (χ0) is 27.5. The zero-order valence-corrected chi connectivity index (χ0v) is 22.7. The number of phosphoric acid groups is 6. The minimum Gasteiger partial charge on any atom is -0.334 e. The molecular formula is C8H21N2O19P6+. The minimum atomic E-state index is -6.32. The molecule has 7 N–H and O–H groups in total. The van der Waals surface area contributed by atoms with Crippen molar-refractivity contribution in [1.82, 2.24) is 4.57 Å². The predicted octanol–water partition coefficient (Wildman–Crippen LogP) is 1.17. The van der Waals surface area contributed by atoms with Gasteiger partial charge in [-0.05, 0) is 6.42 Å². The Balaban J connectivity index is 2.94. The molecule has 0 radical (unpaired) electrons. The van der Waals surface area contributed by atoms with Crippen molar-refractivity contribution in [2.75, 3.05) is 0 Å². The van der Waals surface area contributed by atoms with Crippen molar-refractivity contribution in [3.05, 3.63) is 12.4 Å². The largest absolute Gasteiger partial charge is 0.541 e. The zero-order valence-electron chi connectivity index (χ0n) is 17.4. The molecule has 5 atom stereocenters. The standard InChI is InChI=1S/C8H20N2O19P6/c1-3-4-5-10-7-6-9(2)8(10)24-31(14,15)26-33(18,19)28-35(22,23)29-34(20,21)27-32(16,17)25-30(11,12)13/h6-7H,3-5H2,1-2H3,(H6-,11,12,13,14,15,16,17,18,19,20,21,22,23)/p+1. The monoisotopic (exact) mass is 635 g/mol. The third-order valence-corrected chi connectivity index (χ3v) is 11.7. The number of nitrogens with zero attached hydrogens (tertiary/aromatic N) is 2. The van der Waals surface area contributed by atoms with Crippen molar-refractivity contribution in [3.63, 3.8) is 0 Å². The third kappa shape index (κ3) is 12.8. The number of aromatic nitrogens is 2. The lowest BCUT2D eigenvalue weighted by Crippen LogP contribution is -2.28. The molecule has 35 heavy (non-hydrogen) atoms. The van der Waals surface area contributed by atoms with Crippen LogP contribution in [0.5, 0.6) is 6.01 Å². The Morgan fingerprint density at radius 3 is 1.54 bits per heavy atom. The Morgan fingerprint density at radius 1 is 0.743 bits per heavy atom. The van der Waals surface area contributed by atoms with E-state index in [0.717, 1.165) is 11.0 Å². The average Bonchev–Trinajstić information content (AvgIpc) is 2.85. The van der Waals surface area contributed by atoms with E-state index in [1.165, 1.54) is 24.0 Å². The summed E-state index contributed by atoms with van der Waals surface area (Å²) < 4.78 is 93.5. The fourth-order valence-corrected chi connectivity index (χ4v) is 9.33. The Bertz CT molecular complexity index is 1190. The highest BCUT2D eigenvalue weighted by Crippen LogP contribution is 2.74. The van der Waals surface area contributed by atoms with Crippen LogP contribution in [0, 0.1) is 0 Å². The number of hydrogen-bond donors (Lipinski definition) is 7. The minimum absolute atomic E-state index is 0.284. The number of aryl methyl sites for hydroxylation is 2. The maximum Gasteiger partial charge on any atom is 0.541 e. The molecule has 0 amide bonds. The fraction of sp³-hybridized carbons (Fsp3) is 0.625. The lowest BCUT2D eigenvalue weighted by Gasteiger charge is -2.20. The van der Waals surface area contributed by atoms with Crippen LogP contribution in [0.1, 0.15) is 19.8 Å². The number of phosphoric ester groups is 1. The Labute approximate surface area is 196 Å². The van der Waals surface area contributed by atoms with Gasteiger partial charge >= 0.3 is 52.9 Å². The van der Waals surface area contributed by atoms with E-state index in [-0.39, 0.29) is 12.6 Å². The van der Waals surface area contributed by atoms with Gasteiger partial charge in [0.25, 0.3) is 0 Å². The molecule has 1 rings (SSSR count). The lowest BCUT2D eigenvalue weighted by atomic mass is 10.3. The first kappa shape index (κ1) is 32.9. The Hall–Kier alpha value is -0.0900. The van der Waals surface area contributed by atoms with Crippen LogP contribution in [0.2, 0.25) is 0 Å². The normalized spacial score (nSPS) is 21.2. The van der Waals surface area contributed by atoms with Gasteiger partial charge in [0.2, 0.25) is 0 Å². The van der Waals surface area contributed by atoms with Crippen LogP contribution in [0.3, 0.4) is 0 Å².